The summed E-state index contributed by atoms with van der Waals surface area (Å²) in [6, 6.07) is 8.19. The number of hydrogen-bond acceptors (Lipinski definition) is 4. The summed E-state index contributed by atoms with van der Waals surface area (Å²) in [4.78, 5) is 15.1. The van der Waals surface area contributed by atoms with Gasteiger partial charge >= 0.3 is 0 Å². The van der Waals surface area contributed by atoms with E-state index < -0.39 is 16.9 Å². The molecule has 0 aliphatic rings. The predicted molar refractivity (Wildman–Crippen MR) is 127 cm³/mol. The Morgan fingerprint density at radius 3 is 2.30 bits per heavy atom. The second-order valence-corrected chi connectivity index (χ2v) is 9.90. The number of nitrogens with zero attached hydrogens (tertiary/aromatic N) is 1. The van der Waals surface area contributed by atoms with Gasteiger partial charge in [-0.25, -0.2) is 0 Å². The van der Waals surface area contributed by atoms with Crippen LogP contribution in [0.15, 0.2) is 24.3 Å². The van der Waals surface area contributed by atoms with Crippen molar-refractivity contribution in [3.8, 4) is 0 Å². The summed E-state index contributed by atoms with van der Waals surface area (Å²) in [7, 11) is -1.03. The van der Waals surface area contributed by atoms with E-state index in [1.807, 2.05) is 19.1 Å². The molecule has 0 aliphatic carbocycles. The highest BCUT2D eigenvalue weighted by molar-refractivity contribution is 7.85. The van der Waals surface area contributed by atoms with Crippen LogP contribution in [0.25, 0.3) is 0 Å². The van der Waals surface area contributed by atoms with Crippen molar-refractivity contribution in [2.45, 2.75) is 84.1 Å². The molecule has 0 aliphatic heterocycles. The van der Waals surface area contributed by atoms with Crippen molar-refractivity contribution < 1.29 is 14.1 Å². The fraction of sp³-hybridized carbons (Fsp3) is 0.708. The summed E-state index contributed by atoms with van der Waals surface area (Å²) in [6.45, 7) is 9.04. The topological polar surface area (TPSA) is 83.6 Å². The number of benzene rings is 1. The van der Waals surface area contributed by atoms with E-state index in [2.05, 4.69) is 32.9 Å². The van der Waals surface area contributed by atoms with Crippen molar-refractivity contribution in [1.82, 2.24) is 4.90 Å². The van der Waals surface area contributed by atoms with E-state index >= 15 is 0 Å². The van der Waals surface area contributed by atoms with Crippen LogP contribution in [0.4, 0.5) is 0 Å². The zero-order valence-corrected chi connectivity index (χ0v) is 20.1. The van der Waals surface area contributed by atoms with Gasteiger partial charge in [-0.1, -0.05) is 64.8 Å². The molecule has 1 aromatic rings. The second-order valence-electron chi connectivity index (χ2n) is 8.13. The first-order valence-corrected chi connectivity index (χ1v) is 12.9. The Morgan fingerprint density at radius 2 is 1.77 bits per heavy atom. The maximum absolute atomic E-state index is 13.4. The Bertz CT molecular complexity index is 647. The van der Waals surface area contributed by atoms with Crippen LogP contribution < -0.4 is 5.73 Å². The van der Waals surface area contributed by atoms with Crippen LogP contribution in [0.3, 0.4) is 0 Å². The minimum absolute atomic E-state index is 0.0352. The summed E-state index contributed by atoms with van der Waals surface area (Å²) in [6.07, 6.45) is 4.68. The molecule has 0 radical (unpaired) electrons. The lowest BCUT2D eigenvalue weighted by molar-refractivity contribution is -0.137. The number of aliphatic hydroxyl groups excluding tert-OH is 1. The molecule has 0 bridgehead atoms. The highest BCUT2D eigenvalue weighted by Crippen LogP contribution is 2.19. The molecule has 172 valence electrons. The Kier molecular flexibility index (Phi) is 13.1. The van der Waals surface area contributed by atoms with Crippen LogP contribution in [0.2, 0.25) is 0 Å². The van der Waals surface area contributed by atoms with Gasteiger partial charge in [0.1, 0.15) is 0 Å². The van der Waals surface area contributed by atoms with E-state index in [4.69, 9.17) is 5.73 Å². The van der Waals surface area contributed by atoms with Crippen LogP contribution in [-0.2, 0) is 28.6 Å². The standard InChI is InChI=1S/C24H42N2O3S/c1-5-10-23(11-6-2)30(29)18-21(8-4)24(28)26(17-22(27)15-25)16-20-13-9-12-19(7-3)14-20/h9,12-14,21-23,27H,5-8,10-11,15-18,25H2,1-4H3. The molecule has 0 aromatic heterocycles. The molecule has 0 heterocycles. The minimum Gasteiger partial charge on any atom is -0.390 e. The molecule has 3 unspecified atom stereocenters. The Labute approximate surface area is 185 Å². The molecular formula is C24H42N2O3S. The lowest BCUT2D eigenvalue weighted by Crippen LogP contribution is -2.44. The molecule has 0 saturated carbocycles. The molecular weight excluding hydrogens is 396 g/mol. The SMILES string of the molecule is CCCC(CCC)S(=O)CC(CC)C(=O)N(Cc1cccc(CC)c1)CC(O)CN. The maximum atomic E-state index is 13.4. The number of amides is 1. The third-order valence-electron chi connectivity index (χ3n) is 5.59. The fourth-order valence-electron chi connectivity index (χ4n) is 3.74. The second kappa shape index (κ2) is 14.7. The number of nitrogens with two attached hydrogens (primary N) is 1. The van der Waals surface area contributed by atoms with Crippen molar-refractivity contribution in [1.29, 1.82) is 0 Å². The third kappa shape index (κ3) is 8.86. The largest absolute Gasteiger partial charge is 0.390 e. The van der Waals surface area contributed by atoms with Gasteiger partial charge in [-0.15, -0.1) is 0 Å². The summed E-state index contributed by atoms with van der Waals surface area (Å²) < 4.78 is 13.0. The smallest absolute Gasteiger partial charge is 0.226 e. The molecule has 1 rings (SSSR count). The zero-order valence-electron chi connectivity index (χ0n) is 19.3. The van der Waals surface area contributed by atoms with E-state index in [0.29, 0.717) is 18.7 Å². The molecule has 3 atom stereocenters. The average Bonchev–Trinajstić information content (AvgIpc) is 2.76. The predicted octanol–water partition coefficient (Wildman–Crippen LogP) is 3.64. The third-order valence-corrected chi connectivity index (χ3v) is 7.53. The Morgan fingerprint density at radius 1 is 1.13 bits per heavy atom. The summed E-state index contributed by atoms with van der Waals surface area (Å²) in [5, 5.41) is 10.3. The molecule has 5 nitrogen and oxygen atoms in total. The molecule has 0 fully saturated rings. The average molecular weight is 439 g/mol. The summed E-state index contributed by atoms with van der Waals surface area (Å²) >= 11 is 0. The van der Waals surface area contributed by atoms with Crippen molar-refractivity contribution in [3.63, 3.8) is 0 Å². The fourth-order valence-corrected chi connectivity index (χ4v) is 5.78. The lowest BCUT2D eigenvalue weighted by Gasteiger charge is -2.29. The van der Waals surface area contributed by atoms with E-state index in [-0.39, 0.29) is 30.2 Å². The number of rotatable bonds is 15. The number of hydrogen-bond donors (Lipinski definition) is 2. The number of aliphatic hydroxyl groups is 1. The summed E-state index contributed by atoms with van der Waals surface area (Å²) in [5.74, 6) is 0.0536. The van der Waals surface area contributed by atoms with Gasteiger partial charge in [0, 0.05) is 47.4 Å². The quantitative estimate of drug-likeness (QED) is 0.438. The highest BCUT2D eigenvalue weighted by Gasteiger charge is 2.28. The molecule has 0 saturated heterocycles. The normalized spacial score (nSPS) is 14.5. The van der Waals surface area contributed by atoms with E-state index in [0.717, 1.165) is 37.7 Å². The van der Waals surface area contributed by atoms with Crippen LogP contribution in [0, 0.1) is 5.92 Å². The molecule has 0 spiro atoms. The molecule has 1 amide bonds. The first-order chi connectivity index (χ1) is 14.4. The minimum atomic E-state index is -1.03. The van der Waals surface area contributed by atoms with Gasteiger partial charge in [-0.05, 0) is 36.8 Å². The Balaban J connectivity index is 2.99. The van der Waals surface area contributed by atoms with Gasteiger partial charge in [0.15, 0.2) is 0 Å². The van der Waals surface area contributed by atoms with Crippen LogP contribution in [-0.4, -0.2) is 50.3 Å². The lowest BCUT2D eigenvalue weighted by atomic mass is 10.0. The first-order valence-electron chi connectivity index (χ1n) is 11.5. The van der Waals surface area contributed by atoms with Crippen LogP contribution in [0.5, 0.6) is 0 Å². The van der Waals surface area contributed by atoms with Crippen molar-refractivity contribution >= 4 is 16.7 Å². The van der Waals surface area contributed by atoms with E-state index in [1.165, 1.54) is 5.56 Å². The Hall–Kier alpha value is -1.24. The molecule has 3 N–H and O–H groups in total. The van der Waals surface area contributed by atoms with Gasteiger partial charge < -0.3 is 15.7 Å². The van der Waals surface area contributed by atoms with Crippen molar-refractivity contribution in [3.05, 3.63) is 35.4 Å². The van der Waals surface area contributed by atoms with Crippen LogP contribution in [0.1, 0.15) is 70.9 Å². The van der Waals surface area contributed by atoms with E-state index in [9.17, 15) is 14.1 Å². The van der Waals surface area contributed by atoms with Crippen molar-refractivity contribution in [2.75, 3.05) is 18.8 Å². The number of aryl methyl sites for hydroxylation is 1. The van der Waals surface area contributed by atoms with Crippen LogP contribution >= 0.6 is 0 Å². The number of carbonyl (C=O) groups is 1. The van der Waals surface area contributed by atoms with Gasteiger partial charge in [0.2, 0.25) is 5.91 Å². The number of carbonyl (C=O) groups excluding carboxylic acids is 1. The molecule has 6 heteroatoms. The van der Waals surface area contributed by atoms with Gasteiger partial charge in [0.25, 0.3) is 0 Å². The zero-order chi connectivity index (χ0) is 22.5. The molecule has 1 aromatic carbocycles. The van der Waals surface area contributed by atoms with E-state index in [1.54, 1.807) is 4.90 Å². The molecule has 30 heavy (non-hydrogen) atoms. The van der Waals surface area contributed by atoms with Crippen molar-refractivity contribution in [2.24, 2.45) is 11.7 Å². The first kappa shape index (κ1) is 26.8. The van der Waals surface area contributed by atoms with Gasteiger partial charge in [-0.2, -0.15) is 0 Å². The monoisotopic (exact) mass is 438 g/mol. The van der Waals surface area contributed by atoms with Gasteiger partial charge in [0.05, 0.1) is 6.10 Å². The highest BCUT2D eigenvalue weighted by atomic mass is 32.2. The van der Waals surface area contributed by atoms with Gasteiger partial charge in [-0.3, -0.25) is 9.00 Å². The maximum Gasteiger partial charge on any atom is 0.226 e. The summed E-state index contributed by atoms with van der Waals surface area (Å²) in [5.41, 5.74) is 7.88.